The van der Waals surface area contributed by atoms with Gasteiger partial charge in [0.2, 0.25) is 9.84 Å². The molecule has 1 aliphatic rings. The number of benzene rings is 1. The minimum atomic E-state index is -3.84. The van der Waals surface area contributed by atoms with E-state index in [4.69, 9.17) is 11.6 Å². The van der Waals surface area contributed by atoms with Crippen molar-refractivity contribution < 1.29 is 8.42 Å². The molecule has 0 aromatic heterocycles. The quantitative estimate of drug-likeness (QED) is 0.754. The Morgan fingerprint density at radius 2 is 1.91 bits per heavy atom. The summed E-state index contributed by atoms with van der Waals surface area (Å²) in [4.78, 5) is 1.88. The maximum atomic E-state index is 12.7. The molecular weight excluding hydrogens is 360 g/mol. The van der Waals surface area contributed by atoms with Gasteiger partial charge in [-0.15, -0.1) is 11.8 Å². The van der Waals surface area contributed by atoms with Crippen molar-refractivity contribution in [3.05, 3.63) is 39.2 Å². The minimum absolute atomic E-state index is 0.0892. The maximum Gasteiger partial charge on any atom is 0.219 e. The second-order valence-electron chi connectivity index (χ2n) is 4.51. The summed E-state index contributed by atoms with van der Waals surface area (Å²) in [7, 11) is -3.84. The highest BCUT2D eigenvalue weighted by Gasteiger charge is 2.28. The number of sulfone groups is 1. The fourth-order valence-electron chi connectivity index (χ4n) is 2.09. The molecule has 0 saturated carbocycles. The minimum Gasteiger partial charge on any atom is -0.363 e. The number of halogens is 1. The van der Waals surface area contributed by atoms with Crippen molar-refractivity contribution in [1.29, 1.82) is 5.26 Å². The Morgan fingerprint density at radius 1 is 1.32 bits per heavy atom. The summed E-state index contributed by atoms with van der Waals surface area (Å²) < 4.78 is 25.5. The molecule has 2 rings (SSSR count). The van der Waals surface area contributed by atoms with E-state index in [-0.39, 0.29) is 9.80 Å². The summed E-state index contributed by atoms with van der Waals surface area (Å²) in [5.41, 5.74) is 0. The topological polar surface area (TPSA) is 61.2 Å². The summed E-state index contributed by atoms with van der Waals surface area (Å²) in [5, 5.41) is 10.4. The average molecular weight is 375 g/mol. The Bertz CT molecular complexity index is 703. The van der Waals surface area contributed by atoms with Crippen molar-refractivity contribution in [3.8, 4) is 6.07 Å². The fourth-order valence-corrected chi connectivity index (χ4v) is 5.58. The van der Waals surface area contributed by atoms with Crippen LogP contribution in [0.15, 0.2) is 39.1 Å². The van der Waals surface area contributed by atoms with E-state index >= 15 is 0 Å². The predicted octanol–water partition coefficient (Wildman–Crippen LogP) is 3.22. The molecule has 1 saturated heterocycles. The van der Waals surface area contributed by atoms with Gasteiger partial charge in [0.25, 0.3) is 0 Å². The van der Waals surface area contributed by atoms with E-state index in [1.165, 1.54) is 36.0 Å². The molecule has 0 bridgehead atoms. The maximum absolute atomic E-state index is 12.7. The molecule has 4 nitrogen and oxygen atoms in total. The van der Waals surface area contributed by atoms with Crippen molar-refractivity contribution in [2.24, 2.45) is 0 Å². The van der Waals surface area contributed by atoms with Crippen LogP contribution in [0.2, 0.25) is 5.02 Å². The summed E-state index contributed by atoms with van der Waals surface area (Å²) in [6.45, 7) is 1.50. The van der Waals surface area contributed by atoms with Gasteiger partial charge in [-0.2, -0.15) is 17.0 Å². The van der Waals surface area contributed by atoms with Gasteiger partial charge in [0.05, 0.1) is 4.90 Å². The Hall–Kier alpha value is -0.810. The second kappa shape index (κ2) is 7.64. The molecule has 0 unspecified atom stereocenters. The number of hydrogen-bond donors (Lipinski definition) is 0. The van der Waals surface area contributed by atoms with E-state index in [1.807, 2.05) is 22.7 Å². The zero-order valence-electron chi connectivity index (χ0n) is 12.0. The molecule has 118 valence electrons. The van der Waals surface area contributed by atoms with Gasteiger partial charge in [-0.05, 0) is 30.5 Å². The van der Waals surface area contributed by atoms with Crippen molar-refractivity contribution in [2.75, 3.05) is 30.9 Å². The lowest BCUT2D eigenvalue weighted by molar-refractivity contribution is 0.406. The first-order chi connectivity index (χ1) is 10.5. The van der Waals surface area contributed by atoms with Gasteiger partial charge in [0, 0.05) is 29.6 Å². The van der Waals surface area contributed by atoms with Crippen molar-refractivity contribution in [1.82, 2.24) is 4.90 Å². The van der Waals surface area contributed by atoms with Crippen LogP contribution in [0, 0.1) is 11.3 Å². The standard InChI is InChI=1S/C14H15ClN2O2S3/c1-20-14(17-6-8-21-9-7-17)13(10-16)22(18,19)12-4-2-11(15)3-5-12/h2-5H,6-9H2,1H3/b14-13+. The molecule has 0 radical (unpaired) electrons. The van der Waals surface area contributed by atoms with Crippen molar-refractivity contribution >= 4 is 45.0 Å². The lowest BCUT2D eigenvalue weighted by atomic mass is 10.4. The number of thioether (sulfide) groups is 2. The van der Waals surface area contributed by atoms with Crippen LogP contribution in [0.3, 0.4) is 0 Å². The molecule has 0 N–H and O–H groups in total. The van der Waals surface area contributed by atoms with Gasteiger partial charge in [0.15, 0.2) is 4.91 Å². The number of allylic oxidation sites excluding steroid dienone is 1. The molecule has 1 heterocycles. The highest BCUT2D eigenvalue weighted by molar-refractivity contribution is 8.04. The lowest BCUT2D eigenvalue weighted by Gasteiger charge is -2.30. The zero-order chi connectivity index (χ0) is 16.2. The zero-order valence-corrected chi connectivity index (χ0v) is 15.2. The predicted molar refractivity (Wildman–Crippen MR) is 93.7 cm³/mol. The molecule has 1 fully saturated rings. The number of nitriles is 1. The van der Waals surface area contributed by atoms with E-state index in [1.54, 1.807) is 6.26 Å². The molecule has 1 aliphatic heterocycles. The molecule has 0 spiro atoms. The molecule has 8 heteroatoms. The van der Waals surface area contributed by atoms with Gasteiger partial charge in [-0.25, -0.2) is 8.42 Å². The van der Waals surface area contributed by atoms with Crippen LogP contribution in [0.25, 0.3) is 0 Å². The monoisotopic (exact) mass is 374 g/mol. The third-order valence-electron chi connectivity index (χ3n) is 3.18. The first-order valence-corrected chi connectivity index (χ1v) is 10.8. The van der Waals surface area contributed by atoms with E-state index in [0.717, 1.165) is 24.6 Å². The second-order valence-corrected chi connectivity index (χ2v) is 8.85. The molecular formula is C14H15ClN2O2S3. The van der Waals surface area contributed by atoms with Gasteiger partial charge in [0.1, 0.15) is 11.1 Å². The molecule has 22 heavy (non-hydrogen) atoms. The summed E-state index contributed by atoms with van der Waals surface area (Å²) in [6, 6.07) is 7.78. The van der Waals surface area contributed by atoms with E-state index in [0.29, 0.717) is 10.1 Å². The van der Waals surface area contributed by atoms with Crippen LogP contribution in [-0.4, -0.2) is 44.2 Å². The van der Waals surface area contributed by atoms with Crippen LogP contribution >= 0.6 is 35.1 Å². The van der Waals surface area contributed by atoms with Crippen LogP contribution in [0.1, 0.15) is 0 Å². The molecule has 0 aliphatic carbocycles. The van der Waals surface area contributed by atoms with E-state index in [9.17, 15) is 13.7 Å². The van der Waals surface area contributed by atoms with Gasteiger partial charge in [-0.3, -0.25) is 0 Å². The smallest absolute Gasteiger partial charge is 0.219 e. The van der Waals surface area contributed by atoms with Gasteiger partial charge in [-0.1, -0.05) is 11.6 Å². The molecule has 0 atom stereocenters. The first-order valence-electron chi connectivity index (χ1n) is 6.52. The van der Waals surface area contributed by atoms with Gasteiger partial charge < -0.3 is 4.90 Å². The largest absolute Gasteiger partial charge is 0.363 e. The molecule has 0 amide bonds. The van der Waals surface area contributed by atoms with E-state index in [2.05, 4.69) is 0 Å². The lowest BCUT2D eigenvalue weighted by Crippen LogP contribution is -2.32. The third kappa shape index (κ3) is 3.74. The van der Waals surface area contributed by atoms with Crippen LogP contribution in [0.5, 0.6) is 0 Å². The first kappa shape index (κ1) is 17.5. The number of hydrogen-bond acceptors (Lipinski definition) is 6. The van der Waals surface area contributed by atoms with Gasteiger partial charge >= 0.3 is 0 Å². The Kier molecular flexibility index (Phi) is 6.09. The summed E-state index contributed by atoms with van der Waals surface area (Å²) in [6.07, 6.45) is 1.80. The van der Waals surface area contributed by atoms with Crippen molar-refractivity contribution in [2.45, 2.75) is 4.90 Å². The number of rotatable bonds is 4. The number of nitrogens with zero attached hydrogens (tertiary/aromatic N) is 2. The van der Waals surface area contributed by atoms with Crippen LogP contribution in [-0.2, 0) is 9.84 Å². The van der Waals surface area contributed by atoms with Crippen LogP contribution < -0.4 is 0 Å². The summed E-state index contributed by atoms with van der Waals surface area (Å²) >= 11 is 8.93. The molecule has 1 aromatic rings. The Morgan fingerprint density at radius 3 is 2.41 bits per heavy atom. The highest BCUT2D eigenvalue weighted by Crippen LogP contribution is 2.31. The normalized spacial score (nSPS) is 16.9. The third-order valence-corrected chi connectivity index (χ3v) is 7.07. The van der Waals surface area contributed by atoms with Crippen molar-refractivity contribution in [3.63, 3.8) is 0 Å². The Balaban J connectivity index is 2.49. The SMILES string of the molecule is CS/C(=C(\C#N)S(=O)(=O)c1ccc(Cl)cc1)N1CCSCC1. The van der Waals surface area contributed by atoms with Crippen LogP contribution in [0.4, 0.5) is 0 Å². The molecule has 1 aromatic carbocycles. The fraction of sp³-hybridized carbons (Fsp3) is 0.357. The average Bonchev–Trinajstić information content (AvgIpc) is 2.53. The Labute approximate surface area is 144 Å². The summed E-state index contributed by atoms with van der Waals surface area (Å²) in [5.74, 6) is 1.87. The van der Waals surface area contributed by atoms with E-state index < -0.39 is 9.84 Å². The highest BCUT2D eigenvalue weighted by atomic mass is 35.5.